The van der Waals surface area contributed by atoms with Crippen molar-refractivity contribution < 1.29 is 4.43 Å². The number of nitrogens with zero attached hydrogens (tertiary/aromatic N) is 2. The first kappa shape index (κ1) is 23.5. The molecule has 0 spiro atoms. The molecule has 0 saturated carbocycles. The molecule has 162 valence electrons. The van der Waals surface area contributed by atoms with Crippen molar-refractivity contribution >= 4 is 30.5 Å². The van der Waals surface area contributed by atoms with E-state index >= 15 is 0 Å². The summed E-state index contributed by atoms with van der Waals surface area (Å²) in [6.07, 6.45) is 6.47. The maximum absolute atomic E-state index is 7.11. The van der Waals surface area contributed by atoms with Crippen molar-refractivity contribution in [2.45, 2.75) is 37.4 Å². The van der Waals surface area contributed by atoms with Gasteiger partial charge in [-0.1, -0.05) is 99.3 Å². The third kappa shape index (κ3) is 5.73. The van der Waals surface area contributed by atoms with E-state index in [9.17, 15) is 0 Å². The number of benzene rings is 2. The zero-order valence-corrected chi connectivity index (χ0v) is 20.5. The van der Waals surface area contributed by atoms with Crippen LogP contribution in [-0.2, 0) is 4.43 Å². The zero-order valence-electron chi connectivity index (χ0n) is 18.7. The van der Waals surface area contributed by atoms with Crippen molar-refractivity contribution in [3.05, 3.63) is 91.8 Å². The Bertz CT molecular complexity index is 890. The molecular weight excluding hydrogens is 416 g/mol. The van der Waals surface area contributed by atoms with E-state index in [1.54, 1.807) is 24.2 Å². The minimum atomic E-state index is -2.52. The zero-order chi connectivity index (χ0) is 22.2. The van der Waals surface area contributed by atoms with Gasteiger partial charge in [-0.3, -0.25) is 0 Å². The second-order valence-electron chi connectivity index (χ2n) is 8.71. The highest BCUT2D eigenvalue weighted by Gasteiger charge is 2.50. The van der Waals surface area contributed by atoms with Gasteiger partial charge >= 0.3 is 0 Å². The van der Waals surface area contributed by atoms with Crippen LogP contribution >= 0.6 is 11.8 Å². The van der Waals surface area contributed by atoms with Crippen molar-refractivity contribution in [3.63, 3.8) is 0 Å². The summed E-state index contributed by atoms with van der Waals surface area (Å²) in [4.78, 5) is 8.70. The van der Waals surface area contributed by atoms with Gasteiger partial charge in [-0.25, -0.2) is 9.97 Å². The number of aromatic nitrogens is 2. The Hall–Kier alpha value is -2.21. The van der Waals surface area contributed by atoms with E-state index in [4.69, 9.17) is 4.43 Å². The molecule has 0 radical (unpaired) electrons. The maximum Gasteiger partial charge on any atom is 0.261 e. The van der Waals surface area contributed by atoms with Gasteiger partial charge in [-0.2, -0.15) is 0 Å². The molecule has 5 heteroatoms. The Kier molecular flexibility index (Phi) is 8.24. The molecule has 0 saturated heterocycles. The van der Waals surface area contributed by atoms with Crippen LogP contribution in [0.4, 0.5) is 0 Å². The Morgan fingerprint density at radius 3 is 1.97 bits per heavy atom. The van der Waals surface area contributed by atoms with Crippen LogP contribution in [0.25, 0.3) is 0 Å². The Morgan fingerprint density at radius 1 is 0.935 bits per heavy atom. The highest BCUT2D eigenvalue weighted by molar-refractivity contribution is 7.99. The quantitative estimate of drug-likeness (QED) is 0.182. The van der Waals surface area contributed by atoms with Crippen LogP contribution in [0.1, 0.15) is 27.2 Å². The van der Waals surface area contributed by atoms with Gasteiger partial charge in [0, 0.05) is 24.8 Å². The van der Waals surface area contributed by atoms with Crippen molar-refractivity contribution in [3.8, 4) is 0 Å². The molecule has 1 aromatic heterocycles. The number of hydrogen-bond acceptors (Lipinski definition) is 4. The molecule has 1 atom stereocenters. The molecule has 3 rings (SSSR count). The van der Waals surface area contributed by atoms with E-state index in [1.165, 1.54) is 10.4 Å². The molecule has 0 bridgehead atoms. The van der Waals surface area contributed by atoms with E-state index in [2.05, 4.69) is 98.0 Å². The van der Waals surface area contributed by atoms with E-state index in [-0.39, 0.29) is 5.04 Å². The van der Waals surface area contributed by atoms with Crippen molar-refractivity contribution in [1.82, 2.24) is 9.97 Å². The van der Waals surface area contributed by atoms with E-state index in [0.29, 0.717) is 12.5 Å². The van der Waals surface area contributed by atoms with Crippen LogP contribution in [0.2, 0.25) is 5.04 Å². The molecule has 0 N–H and O–H groups in total. The summed E-state index contributed by atoms with van der Waals surface area (Å²) in [5, 5.41) is 3.40. The van der Waals surface area contributed by atoms with Crippen LogP contribution in [0.3, 0.4) is 0 Å². The summed E-state index contributed by atoms with van der Waals surface area (Å²) in [5.41, 5.74) is 0. The van der Waals surface area contributed by atoms with Crippen molar-refractivity contribution in [2.24, 2.45) is 5.92 Å². The van der Waals surface area contributed by atoms with Gasteiger partial charge in [0.15, 0.2) is 5.16 Å². The van der Waals surface area contributed by atoms with Gasteiger partial charge in [0.05, 0.1) is 0 Å². The second kappa shape index (κ2) is 10.9. The summed E-state index contributed by atoms with van der Waals surface area (Å²) in [6.45, 7) is 11.6. The molecule has 0 fully saturated rings. The Labute approximate surface area is 192 Å². The van der Waals surface area contributed by atoms with Crippen molar-refractivity contribution in [1.29, 1.82) is 0 Å². The second-order valence-corrected chi connectivity index (χ2v) is 14.0. The molecule has 0 aliphatic heterocycles. The summed E-state index contributed by atoms with van der Waals surface area (Å²) >= 11 is 1.68. The number of hydrogen-bond donors (Lipinski definition) is 0. The summed E-state index contributed by atoms with van der Waals surface area (Å²) in [7, 11) is -2.52. The first-order valence-corrected chi connectivity index (χ1v) is 13.6. The SMILES string of the molecule is C=CC[C@@H](CO[Si](c1ccccc1)(c1ccccc1)C(C)(C)C)CSc1ncccn1. The fraction of sp³-hybridized carbons (Fsp3) is 0.308. The average Bonchev–Trinajstić information content (AvgIpc) is 2.79. The summed E-state index contributed by atoms with van der Waals surface area (Å²) < 4.78 is 7.11. The van der Waals surface area contributed by atoms with Crippen LogP contribution in [0.15, 0.2) is 96.9 Å². The first-order valence-electron chi connectivity index (χ1n) is 10.7. The van der Waals surface area contributed by atoms with E-state index in [1.807, 2.05) is 12.1 Å². The van der Waals surface area contributed by atoms with Gasteiger partial charge in [-0.15, -0.1) is 6.58 Å². The molecule has 31 heavy (non-hydrogen) atoms. The maximum atomic E-state index is 7.11. The Balaban J connectivity index is 1.91. The normalized spacial score (nSPS) is 13.0. The smallest absolute Gasteiger partial charge is 0.261 e. The lowest BCUT2D eigenvalue weighted by molar-refractivity contribution is 0.248. The van der Waals surface area contributed by atoms with E-state index in [0.717, 1.165) is 17.3 Å². The average molecular weight is 449 g/mol. The third-order valence-corrected chi connectivity index (χ3v) is 11.6. The molecule has 3 aromatic rings. The van der Waals surface area contributed by atoms with Crippen LogP contribution in [0.5, 0.6) is 0 Å². The summed E-state index contributed by atoms with van der Waals surface area (Å²) in [5.74, 6) is 1.24. The Morgan fingerprint density at radius 2 is 1.48 bits per heavy atom. The third-order valence-electron chi connectivity index (χ3n) is 5.44. The highest BCUT2D eigenvalue weighted by Crippen LogP contribution is 2.37. The number of thioether (sulfide) groups is 1. The van der Waals surface area contributed by atoms with Gasteiger partial charge in [-0.05, 0) is 33.8 Å². The van der Waals surface area contributed by atoms with Crippen molar-refractivity contribution in [2.75, 3.05) is 12.4 Å². The first-order chi connectivity index (χ1) is 15.0. The molecule has 0 unspecified atom stereocenters. The van der Waals surface area contributed by atoms with Gasteiger partial charge in [0.1, 0.15) is 0 Å². The molecule has 0 aliphatic rings. The lowest BCUT2D eigenvalue weighted by atomic mass is 10.1. The minimum absolute atomic E-state index is 0.0237. The topological polar surface area (TPSA) is 35.0 Å². The molecule has 3 nitrogen and oxygen atoms in total. The van der Waals surface area contributed by atoms with Crippen LogP contribution < -0.4 is 10.4 Å². The monoisotopic (exact) mass is 448 g/mol. The molecule has 2 aromatic carbocycles. The predicted molar refractivity (Wildman–Crippen MR) is 135 cm³/mol. The lowest BCUT2D eigenvalue weighted by Gasteiger charge is -2.43. The molecular formula is C26H32N2OSSi. The largest absolute Gasteiger partial charge is 0.407 e. The van der Waals surface area contributed by atoms with Gasteiger partial charge in [0.25, 0.3) is 8.32 Å². The van der Waals surface area contributed by atoms with Gasteiger partial charge < -0.3 is 4.43 Å². The molecule has 0 amide bonds. The fourth-order valence-corrected chi connectivity index (χ4v) is 9.51. The predicted octanol–water partition coefficient (Wildman–Crippen LogP) is 5.34. The number of rotatable bonds is 10. The molecule has 0 aliphatic carbocycles. The van der Waals surface area contributed by atoms with E-state index < -0.39 is 8.32 Å². The highest BCUT2D eigenvalue weighted by atomic mass is 32.2. The number of allylic oxidation sites excluding steroid dienone is 1. The lowest BCUT2D eigenvalue weighted by Crippen LogP contribution is -2.67. The van der Waals surface area contributed by atoms with Crippen LogP contribution in [0, 0.1) is 5.92 Å². The fourth-order valence-electron chi connectivity index (χ4n) is 3.98. The summed E-state index contributed by atoms with van der Waals surface area (Å²) in [6, 6.07) is 23.4. The standard InChI is InChI=1S/C26H32N2OSSi/c1-5-13-22(21-30-25-27-18-12-19-28-25)20-29-31(26(2,3)4,23-14-8-6-9-15-23)24-16-10-7-11-17-24/h5-12,14-19,22H,1,13,20-21H2,2-4H3/t22-/m0/s1. The van der Waals surface area contributed by atoms with Gasteiger partial charge in [0.2, 0.25) is 0 Å². The minimum Gasteiger partial charge on any atom is -0.407 e. The molecule has 1 heterocycles. The van der Waals surface area contributed by atoms with Crippen LogP contribution in [-0.4, -0.2) is 30.6 Å².